The number of carbonyl (C=O) groups is 1. The van der Waals surface area contributed by atoms with E-state index in [4.69, 9.17) is 0 Å². The molecule has 0 radical (unpaired) electrons. The Bertz CT molecular complexity index is 1060. The van der Waals surface area contributed by atoms with Gasteiger partial charge in [0.1, 0.15) is 12.2 Å². The van der Waals surface area contributed by atoms with Crippen molar-refractivity contribution in [2.45, 2.75) is 12.5 Å². The molecule has 3 heterocycles. The number of nitrogens with one attached hydrogen (secondary N) is 2. The topological polar surface area (TPSA) is 108 Å². The number of H-pyrrole nitrogens is 1. The van der Waals surface area contributed by atoms with Gasteiger partial charge in [-0.3, -0.25) is 14.2 Å². The molecule has 0 saturated heterocycles. The molecule has 10 heteroatoms. The third kappa shape index (κ3) is 3.45. The van der Waals surface area contributed by atoms with E-state index in [0.29, 0.717) is 23.6 Å². The van der Waals surface area contributed by atoms with E-state index in [1.165, 1.54) is 16.9 Å². The second kappa shape index (κ2) is 6.78. The average Bonchev–Trinajstić information content (AvgIpc) is 3.37. The van der Waals surface area contributed by atoms with Crippen molar-refractivity contribution < 1.29 is 13.2 Å². The van der Waals surface area contributed by atoms with Gasteiger partial charge in [0.15, 0.2) is 0 Å². The monoisotopic (exact) mass is 403 g/mol. The molecule has 1 amide bonds. The zero-order chi connectivity index (χ0) is 19.0. The van der Waals surface area contributed by atoms with Crippen LogP contribution in [-0.4, -0.2) is 42.3 Å². The molecule has 0 aliphatic carbocycles. The molecule has 0 saturated carbocycles. The largest absolute Gasteiger partial charge is 0.348 e. The van der Waals surface area contributed by atoms with Crippen molar-refractivity contribution in [2.24, 2.45) is 0 Å². The molecule has 140 valence electrons. The normalized spacial score (nSPS) is 16.3. The van der Waals surface area contributed by atoms with Crippen molar-refractivity contribution in [3.05, 3.63) is 63.9 Å². The van der Waals surface area contributed by atoms with Gasteiger partial charge < -0.3 is 5.32 Å². The molecule has 2 aromatic heterocycles. The van der Waals surface area contributed by atoms with E-state index in [2.05, 4.69) is 20.5 Å². The Hall–Kier alpha value is -2.72. The van der Waals surface area contributed by atoms with Crippen molar-refractivity contribution in [2.75, 3.05) is 17.1 Å². The Balaban J connectivity index is 1.65. The maximum absolute atomic E-state index is 12.5. The lowest BCUT2D eigenvalue weighted by Gasteiger charge is -2.16. The van der Waals surface area contributed by atoms with Gasteiger partial charge in [-0.1, -0.05) is 0 Å². The first-order chi connectivity index (χ1) is 12.9. The van der Waals surface area contributed by atoms with E-state index in [0.717, 1.165) is 11.1 Å². The smallest absolute Gasteiger partial charge is 0.251 e. The summed E-state index contributed by atoms with van der Waals surface area (Å²) in [4.78, 5) is 16.7. The van der Waals surface area contributed by atoms with Crippen LogP contribution in [0.15, 0.2) is 41.4 Å². The molecular formula is C17H17N5O3S2. The van der Waals surface area contributed by atoms with Gasteiger partial charge >= 0.3 is 0 Å². The maximum Gasteiger partial charge on any atom is 0.251 e. The first-order valence-corrected chi connectivity index (χ1v) is 11.0. The quantitative estimate of drug-likeness (QED) is 0.674. The van der Waals surface area contributed by atoms with E-state index in [1.54, 1.807) is 29.5 Å². The number of amides is 1. The highest BCUT2D eigenvalue weighted by Gasteiger charge is 2.36. The number of nitrogens with zero attached hydrogens (tertiary/aromatic N) is 3. The molecular weight excluding hydrogens is 386 g/mol. The number of carbonyl (C=O) groups excluding carboxylic acids is 1. The molecule has 0 unspecified atom stereocenters. The van der Waals surface area contributed by atoms with Gasteiger partial charge in [-0.05, 0) is 46.2 Å². The minimum atomic E-state index is -3.44. The summed E-state index contributed by atoms with van der Waals surface area (Å²) in [5.41, 5.74) is 2.81. The van der Waals surface area contributed by atoms with Crippen molar-refractivity contribution >= 4 is 33.0 Å². The second-order valence-corrected chi connectivity index (χ2v) is 8.99. The lowest BCUT2D eigenvalue weighted by molar-refractivity contribution is 0.0951. The Labute approximate surface area is 160 Å². The molecule has 27 heavy (non-hydrogen) atoms. The van der Waals surface area contributed by atoms with Crippen molar-refractivity contribution in [1.29, 1.82) is 0 Å². The fourth-order valence-corrected chi connectivity index (χ4v) is 4.78. The van der Waals surface area contributed by atoms with Crippen LogP contribution in [0.3, 0.4) is 0 Å². The van der Waals surface area contributed by atoms with Crippen molar-refractivity contribution in [3.8, 4) is 0 Å². The molecule has 0 fully saturated rings. The van der Waals surface area contributed by atoms with Crippen LogP contribution in [-0.2, 0) is 16.6 Å². The summed E-state index contributed by atoms with van der Waals surface area (Å²) in [5, 5.41) is 13.5. The summed E-state index contributed by atoms with van der Waals surface area (Å²) < 4.78 is 25.7. The number of benzene rings is 1. The van der Waals surface area contributed by atoms with Crippen LogP contribution in [0.1, 0.15) is 33.2 Å². The van der Waals surface area contributed by atoms with Gasteiger partial charge in [0.05, 0.1) is 17.9 Å². The summed E-state index contributed by atoms with van der Waals surface area (Å²) in [6.45, 7) is 0.670. The van der Waals surface area contributed by atoms with Crippen LogP contribution in [0, 0.1) is 0 Å². The van der Waals surface area contributed by atoms with Crippen LogP contribution in [0.2, 0.25) is 0 Å². The molecule has 0 spiro atoms. The van der Waals surface area contributed by atoms with Gasteiger partial charge in [0, 0.05) is 18.7 Å². The summed E-state index contributed by atoms with van der Waals surface area (Å²) in [6.07, 6.45) is 2.55. The van der Waals surface area contributed by atoms with Crippen LogP contribution < -0.4 is 9.62 Å². The summed E-state index contributed by atoms with van der Waals surface area (Å²) >= 11 is 1.57. The number of aromatic amines is 1. The first kappa shape index (κ1) is 17.7. The molecule has 1 aliphatic heterocycles. The summed E-state index contributed by atoms with van der Waals surface area (Å²) in [6, 6.07) is 7.00. The molecule has 1 atom stereocenters. The number of hydrogen-bond donors (Lipinski definition) is 2. The molecule has 1 aromatic carbocycles. The highest BCUT2D eigenvalue weighted by atomic mass is 32.2. The highest BCUT2D eigenvalue weighted by molar-refractivity contribution is 7.92. The van der Waals surface area contributed by atoms with E-state index in [1.807, 2.05) is 16.8 Å². The second-order valence-electron chi connectivity index (χ2n) is 6.31. The van der Waals surface area contributed by atoms with Crippen LogP contribution in [0.4, 0.5) is 5.69 Å². The predicted molar refractivity (Wildman–Crippen MR) is 102 cm³/mol. The Morgan fingerprint density at radius 2 is 2.26 bits per heavy atom. The van der Waals surface area contributed by atoms with E-state index in [9.17, 15) is 13.2 Å². The standard InChI is InChI=1S/C17H17N5O3S2/c1-27(24,25)22-8-14(16-19-10-20-21-16)13-6-12(2-3-15(13)22)17(23)18-7-11-4-5-26-9-11/h2-6,9-10,14H,7-8H2,1H3,(H,18,23)(H,19,20,21)/t14-/m0/s1. The SMILES string of the molecule is CS(=O)(=O)N1C[C@H](c2ncn[nH]2)c2cc(C(=O)NCc3ccsc3)ccc21. The fourth-order valence-electron chi connectivity index (χ4n) is 3.17. The van der Waals surface area contributed by atoms with Crippen molar-refractivity contribution in [3.63, 3.8) is 0 Å². The molecule has 1 aliphatic rings. The minimum absolute atomic E-state index is 0.210. The maximum atomic E-state index is 12.5. The molecule has 2 N–H and O–H groups in total. The third-order valence-electron chi connectivity index (χ3n) is 4.48. The van der Waals surface area contributed by atoms with Gasteiger partial charge in [-0.2, -0.15) is 16.4 Å². The number of aromatic nitrogens is 3. The molecule has 3 aromatic rings. The average molecular weight is 403 g/mol. The number of rotatable bonds is 5. The zero-order valence-corrected chi connectivity index (χ0v) is 16.0. The Kier molecular flexibility index (Phi) is 4.44. The third-order valence-corrected chi connectivity index (χ3v) is 6.36. The molecule has 8 nitrogen and oxygen atoms in total. The van der Waals surface area contributed by atoms with E-state index < -0.39 is 10.0 Å². The van der Waals surface area contributed by atoms with Gasteiger partial charge in [0.2, 0.25) is 10.0 Å². The molecule has 4 rings (SSSR count). The van der Waals surface area contributed by atoms with Gasteiger partial charge in [-0.25, -0.2) is 13.4 Å². The molecule has 0 bridgehead atoms. The lowest BCUT2D eigenvalue weighted by Crippen LogP contribution is -2.29. The zero-order valence-electron chi connectivity index (χ0n) is 14.4. The van der Waals surface area contributed by atoms with E-state index >= 15 is 0 Å². The van der Waals surface area contributed by atoms with E-state index in [-0.39, 0.29) is 18.4 Å². The minimum Gasteiger partial charge on any atom is -0.348 e. The number of hydrogen-bond acceptors (Lipinski definition) is 6. The fraction of sp³-hybridized carbons (Fsp3) is 0.235. The summed E-state index contributed by atoms with van der Waals surface area (Å²) in [5.74, 6) is 0.0539. The number of anilines is 1. The Morgan fingerprint density at radius 3 is 2.93 bits per heavy atom. The van der Waals surface area contributed by atoms with Crippen LogP contribution >= 0.6 is 11.3 Å². The first-order valence-electron chi connectivity index (χ1n) is 8.19. The highest BCUT2D eigenvalue weighted by Crippen LogP contribution is 2.40. The summed E-state index contributed by atoms with van der Waals surface area (Å²) in [7, 11) is -3.44. The number of sulfonamides is 1. The number of fused-ring (bicyclic) bond motifs is 1. The van der Waals surface area contributed by atoms with Crippen molar-refractivity contribution in [1.82, 2.24) is 20.5 Å². The van der Waals surface area contributed by atoms with Gasteiger partial charge in [-0.15, -0.1) is 0 Å². The Morgan fingerprint density at radius 1 is 1.41 bits per heavy atom. The predicted octanol–water partition coefficient (Wildman–Crippen LogP) is 1.71. The number of thiophene rings is 1. The van der Waals surface area contributed by atoms with Crippen LogP contribution in [0.5, 0.6) is 0 Å². The lowest BCUT2D eigenvalue weighted by atomic mass is 9.98. The van der Waals surface area contributed by atoms with Gasteiger partial charge in [0.25, 0.3) is 5.91 Å². The van der Waals surface area contributed by atoms with Crippen LogP contribution in [0.25, 0.3) is 0 Å².